The van der Waals surface area contributed by atoms with E-state index in [-0.39, 0.29) is 29.6 Å². The second kappa shape index (κ2) is 13.3. The minimum atomic E-state index is -4.32. The number of aryl methyl sites for hydroxylation is 1. The van der Waals surface area contributed by atoms with Crippen molar-refractivity contribution in [3.05, 3.63) is 78.4 Å². The van der Waals surface area contributed by atoms with Crippen LogP contribution in [0.4, 0.5) is 28.4 Å². The molecule has 3 aromatic carbocycles. The third-order valence-corrected chi connectivity index (χ3v) is 4.99. The average molecular weight is 474 g/mol. The van der Waals surface area contributed by atoms with Crippen molar-refractivity contribution in [3.63, 3.8) is 0 Å². The van der Waals surface area contributed by atoms with Crippen molar-refractivity contribution in [1.82, 2.24) is 0 Å². The van der Waals surface area contributed by atoms with Crippen LogP contribution in [0.25, 0.3) is 0 Å². The van der Waals surface area contributed by atoms with Gasteiger partial charge in [-0.3, -0.25) is 0 Å². The van der Waals surface area contributed by atoms with Crippen LogP contribution < -0.4 is 34.9 Å². The predicted molar refractivity (Wildman–Crippen MR) is 124 cm³/mol. The Bertz CT molecular complexity index is 1160. The quantitative estimate of drug-likeness (QED) is 0.274. The molecule has 0 fully saturated rings. The third kappa shape index (κ3) is 9.93. The molecule has 3 rings (SSSR count). The molecule has 0 saturated carbocycles. The van der Waals surface area contributed by atoms with Crippen molar-refractivity contribution < 1.29 is 42.5 Å². The molecule has 0 aliphatic heterocycles. The van der Waals surface area contributed by atoms with Gasteiger partial charge in [0.2, 0.25) is 0 Å². The van der Waals surface area contributed by atoms with Crippen LogP contribution in [-0.2, 0) is 16.5 Å². The summed E-state index contributed by atoms with van der Waals surface area (Å²) in [6.45, 7) is 2.18. The number of nitrogens with zero attached hydrogens (tertiary/aromatic N) is 4. The van der Waals surface area contributed by atoms with Crippen molar-refractivity contribution in [1.29, 1.82) is 0 Å². The number of azo groups is 2. The Morgan fingerprint density at radius 2 is 1.12 bits per heavy atom. The van der Waals surface area contributed by atoms with Gasteiger partial charge in [-0.25, -0.2) is 8.42 Å². The van der Waals surface area contributed by atoms with Crippen molar-refractivity contribution in [2.24, 2.45) is 20.5 Å². The smallest absolute Gasteiger partial charge is 0.747 e. The molecular formula is C23H24N5NaO3S. The molecule has 0 aromatic heterocycles. The summed E-state index contributed by atoms with van der Waals surface area (Å²) in [6, 6.07) is 21.9. The van der Waals surface area contributed by atoms with Crippen LogP contribution in [0.1, 0.15) is 25.3 Å². The summed E-state index contributed by atoms with van der Waals surface area (Å²) in [5, 5.41) is 19.4. The van der Waals surface area contributed by atoms with Crippen LogP contribution in [0.15, 0.2) is 93.3 Å². The molecule has 0 spiro atoms. The molecule has 10 heteroatoms. The second-order valence-corrected chi connectivity index (χ2v) is 8.52. The molecule has 0 bridgehead atoms. The van der Waals surface area contributed by atoms with E-state index in [2.05, 4.69) is 44.8 Å². The fraction of sp³-hybridized carbons (Fsp3) is 0.217. The van der Waals surface area contributed by atoms with Gasteiger partial charge < -0.3 is 9.87 Å². The third-order valence-electron chi connectivity index (χ3n) is 4.49. The topological polar surface area (TPSA) is 119 Å². The number of rotatable bonds is 10. The number of hydrogen-bond acceptors (Lipinski definition) is 8. The Hall–Kier alpha value is -2.43. The Morgan fingerprint density at radius 3 is 1.52 bits per heavy atom. The van der Waals surface area contributed by atoms with Crippen LogP contribution in [0, 0.1) is 0 Å². The molecular weight excluding hydrogens is 449 g/mol. The van der Waals surface area contributed by atoms with Gasteiger partial charge in [-0.15, -0.1) is 0 Å². The predicted octanol–water partition coefficient (Wildman–Crippen LogP) is 3.78. The van der Waals surface area contributed by atoms with E-state index in [1.807, 2.05) is 24.3 Å². The first-order valence-corrected chi connectivity index (χ1v) is 11.8. The van der Waals surface area contributed by atoms with Gasteiger partial charge in [0, 0.05) is 5.69 Å². The zero-order chi connectivity index (χ0) is 22.8. The van der Waals surface area contributed by atoms with Crippen LogP contribution in [0.5, 0.6) is 0 Å². The van der Waals surface area contributed by atoms with E-state index >= 15 is 0 Å². The number of nitrogens with one attached hydrogen (secondary N) is 1. The normalized spacial score (nSPS) is 11.6. The van der Waals surface area contributed by atoms with Gasteiger partial charge in [0.15, 0.2) is 0 Å². The Morgan fingerprint density at radius 1 is 0.727 bits per heavy atom. The summed E-state index contributed by atoms with van der Waals surface area (Å²) >= 11 is 0. The zero-order valence-corrected chi connectivity index (χ0v) is 21.5. The van der Waals surface area contributed by atoms with E-state index in [9.17, 15) is 13.0 Å². The van der Waals surface area contributed by atoms with Crippen molar-refractivity contribution >= 4 is 38.6 Å². The van der Waals surface area contributed by atoms with E-state index in [0.29, 0.717) is 22.7 Å². The molecule has 8 nitrogen and oxygen atoms in total. The van der Waals surface area contributed by atoms with E-state index < -0.39 is 16.0 Å². The molecule has 0 amide bonds. The molecule has 0 unspecified atom stereocenters. The summed E-state index contributed by atoms with van der Waals surface area (Å²) in [4.78, 5) is 0. The molecule has 0 aliphatic carbocycles. The van der Waals surface area contributed by atoms with Crippen LogP contribution in [-0.4, -0.2) is 18.8 Å². The number of hydrogen-bond donors (Lipinski definition) is 1. The maximum atomic E-state index is 10.6. The fourth-order valence-electron chi connectivity index (χ4n) is 2.74. The van der Waals surface area contributed by atoms with Crippen LogP contribution in [0.2, 0.25) is 0 Å². The van der Waals surface area contributed by atoms with E-state index in [1.165, 1.54) is 18.4 Å². The molecule has 1 N–H and O–H groups in total. The number of anilines is 1. The summed E-state index contributed by atoms with van der Waals surface area (Å²) in [6.07, 6.45) is 3.44. The first kappa shape index (κ1) is 26.8. The van der Waals surface area contributed by atoms with Crippen LogP contribution >= 0.6 is 0 Å². The van der Waals surface area contributed by atoms with Gasteiger partial charge in [0.05, 0.1) is 22.7 Å². The van der Waals surface area contributed by atoms with Crippen molar-refractivity contribution in [2.45, 2.75) is 26.2 Å². The van der Waals surface area contributed by atoms with E-state index in [4.69, 9.17) is 0 Å². The number of unbranched alkanes of at least 4 members (excludes halogenated alkanes) is 1. The molecule has 0 heterocycles. The van der Waals surface area contributed by atoms with Crippen molar-refractivity contribution in [3.8, 4) is 0 Å². The van der Waals surface area contributed by atoms with Gasteiger partial charge >= 0.3 is 29.6 Å². The maximum absolute atomic E-state index is 10.6. The monoisotopic (exact) mass is 473 g/mol. The molecule has 33 heavy (non-hydrogen) atoms. The Balaban J connectivity index is 0.00000385. The minimum absolute atomic E-state index is 0. The molecule has 0 aliphatic rings. The minimum Gasteiger partial charge on any atom is -0.747 e. The maximum Gasteiger partial charge on any atom is 1.00 e. The molecule has 0 radical (unpaired) electrons. The van der Waals surface area contributed by atoms with Crippen LogP contribution in [0.3, 0.4) is 0 Å². The number of benzene rings is 3. The van der Waals surface area contributed by atoms with E-state index in [1.54, 1.807) is 36.4 Å². The Kier molecular flexibility index (Phi) is 10.8. The first-order valence-electron chi connectivity index (χ1n) is 10.2. The first-order chi connectivity index (χ1) is 15.4. The summed E-state index contributed by atoms with van der Waals surface area (Å²) < 4.78 is 31.9. The zero-order valence-electron chi connectivity index (χ0n) is 18.7. The average Bonchev–Trinajstić information content (AvgIpc) is 2.80. The summed E-state index contributed by atoms with van der Waals surface area (Å²) in [5.41, 5.74) is 4.58. The summed E-state index contributed by atoms with van der Waals surface area (Å²) in [5.74, 6) is -0.665. The Labute approximate surface area is 216 Å². The van der Waals surface area contributed by atoms with Gasteiger partial charge in [0.25, 0.3) is 0 Å². The van der Waals surface area contributed by atoms with Crippen molar-refractivity contribution in [2.75, 3.05) is 11.2 Å². The molecule has 166 valence electrons. The standard InChI is InChI=1S/C23H25N5O3S.Na/c1-2-3-4-18-5-7-20(8-6-18)25-27-22-13-15-23(16-14-22)28-26-21-11-9-19(10-12-21)24-17-32(29,30)31;/h5-16,24H,2-4,17H2,1H3,(H,29,30,31);/q;+1/p-1. The van der Waals surface area contributed by atoms with Gasteiger partial charge in [-0.1, -0.05) is 25.5 Å². The second-order valence-electron chi connectivity index (χ2n) is 7.11. The van der Waals surface area contributed by atoms with Gasteiger partial charge in [-0.2, -0.15) is 20.5 Å². The molecule has 3 aromatic rings. The SMILES string of the molecule is CCCCc1ccc(N=Nc2ccc(N=Nc3ccc(NCS(=O)(=O)[O-])cc3)cc2)cc1.[Na+]. The largest absolute Gasteiger partial charge is 1.00 e. The summed E-state index contributed by atoms with van der Waals surface area (Å²) in [7, 11) is -4.32. The molecule has 0 atom stereocenters. The van der Waals surface area contributed by atoms with Gasteiger partial charge in [0.1, 0.15) is 16.0 Å². The fourth-order valence-corrected chi connectivity index (χ4v) is 3.09. The van der Waals surface area contributed by atoms with Gasteiger partial charge in [-0.05, 0) is 79.1 Å². The van der Waals surface area contributed by atoms with E-state index in [0.717, 1.165) is 12.1 Å². The molecule has 0 saturated heterocycles.